The van der Waals surface area contributed by atoms with E-state index in [1.165, 1.54) is 0 Å². The minimum absolute atomic E-state index is 0.632. The first-order chi connectivity index (χ1) is 8.15. The molecule has 1 nitrogen and oxygen atoms in total. The summed E-state index contributed by atoms with van der Waals surface area (Å²) < 4.78 is 0. The molecule has 1 aromatic heterocycles. The van der Waals surface area contributed by atoms with Crippen molar-refractivity contribution in [1.29, 1.82) is 0 Å². The summed E-state index contributed by atoms with van der Waals surface area (Å²) in [5, 5.41) is 4.97. The number of rotatable bonds is 3. The van der Waals surface area contributed by atoms with Crippen molar-refractivity contribution in [2.24, 2.45) is 0 Å². The van der Waals surface area contributed by atoms with E-state index in [0.717, 1.165) is 21.8 Å². The lowest BCUT2D eigenvalue weighted by atomic mass is 10.1. The van der Waals surface area contributed by atoms with Crippen LogP contribution >= 0.6 is 50.5 Å². The Bertz CT molecular complexity index is 539. The maximum Gasteiger partial charge on any atom is 0.0932 e. The molecule has 0 amide bonds. The lowest BCUT2D eigenvalue weighted by molar-refractivity contribution is 1.19. The predicted molar refractivity (Wildman–Crippen MR) is 79.3 cm³/mol. The number of nitrogens with zero attached hydrogens (tertiary/aromatic N) is 1. The molecule has 1 heterocycles. The lowest BCUT2D eigenvalue weighted by Crippen LogP contribution is -1.89. The van der Waals surface area contributed by atoms with Gasteiger partial charge in [0.1, 0.15) is 0 Å². The largest absolute Gasteiger partial charge is 0.241 e. The molecule has 89 valence electrons. The molecule has 2 rings (SSSR count). The molecule has 0 aliphatic heterocycles. The fourth-order valence-corrected chi connectivity index (χ4v) is 3.32. The summed E-state index contributed by atoms with van der Waals surface area (Å²) in [7, 11) is 0. The summed E-state index contributed by atoms with van der Waals surface area (Å²) in [6, 6.07) is 3.65. The summed E-state index contributed by atoms with van der Waals surface area (Å²) in [5.41, 5.74) is 2.89. The number of benzene rings is 1. The van der Waals surface area contributed by atoms with Crippen molar-refractivity contribution in [2.75, 3.05) is 0 Å². The molecule has 2 aromatic rings. The van der Waals surface area contributed by atoms with Crippen LogP contribution in [0.25, 0.3) is 11.3 Å². The van der Waals surface area contributed by atoms with Crippen molar-refractivity contribution in [3.63, 3.8) is 0 Å². The zero-order valence-corrected chi connectivity index (χ0v) is 12.8. The van der Waals surface area contributed by atoms with Crippen LogP contribution in [-0.2, 0) is 11.8 Å². The van der Waals surface area contributed by atoms with Crippen LogP contribution in [0, 0.1) is 6.92 Å². The number of halogens is 3. The molecule has 0 saturated heterocycles. The minimum Gasteiger partial charge on any atom is -0.241 e. The molecule has 0 aliphatic carbocycles. The molecule has 5 heteroatoms. The van der Waals surface area contributed by atoms with Crippen molar-refractivity contribution in [1.82, 2.24) is 4.98 Å². The molecular weight excluding hydrogens is 341 g/mol. The topological polar surface area (TPSA) is 12.9 Å². The smallest absolute Gasteiger partial charge is 0.0932 e. The zero-order chi connectivity index (χ0) is 12.4. The van der Waals surface area contributed by atoms with Crippen LogP contribution in [-0.4, -0.2) is 4.98 Å². The van der Waals surface area contributed by atoms with Crippen LogP contribution in [0.2, 0.25) is 10.0 Å². The highest BCUT2D eigenvalue weighted by Crippen LogP contribution is 2.35. The second-order valence-corrected chi connectivity index (χ2v) is 5.78. The predicted octanol–water partition coefficient (Wildman–Crippen LogP) is 5.39. The summed E-state index contributed by atoms with van der Waals surface area (Å²) >= 11 is 17.3. The van der Waals surface area contributed by atoms with E-state index in [0.29, 0.717) is 21.8 Å². The number of alkyl halides is 1. The van der Waals surface area contributed by atoms with Gasteiger partial charge in [0.15, 0.2) is 0 Å². The minimum atomic E-state index is 0.632. The van der Waals surface area contributed by atoms with Crippen LogP contribution in [0.3, 0.4) is 0 Å². The molecule has 0 bridgehead atoms. The molecule has 0 saturated carbocycles. The van der Waals surface area contributed by atoms with Gasteiger partial charge in [-0.2, -0.15) is 0 Å². The van der Waals surface area contributed by atoms with Gasteiger partial charge in [0.25, 0.3) is 0 Å². The standard InChI is InChI=1S/C12H9BrCl2NS/c1-2-11-16-10(6-17-11)12-7(5-13)3-8(14)4-9(12)15/h3-4,6H,1-2,5H2. The highest BCUT2D eigenvalue weighted by molar-refractivity contribution is 9.08. The van der Waals surface area contributed by atoms with E-state index in [9.17, 15) is 0 Å². The fraction of sp³-hybridized carbons (Fsp3) is 0.167. The Morgan fingerprint density at radius 1 is 1.35 bits per heavy atom. The monoisotopic (exact) mass is 348 g/mol. The second-order valence-electron chi connectivity index (χ2n) is 3.43. The molecule has 17 heavy (non-hydrogen) atoms. The van der Waals surface area contributed by atoms with Gasteiger partial charge >= 0.3 is 0 Å². The summed E-state index contributed by atoms with van der Waals surface area (Å²) in [4.78, 5) is 4.51. The quantitative estimate of drug-likeness (QED) is 0.677. The van der Waals surface area contributed by atoms with E-state index >= 15 is 0 Å². The zero-order valence-electron chi connectivity index (χ0n) is 8.84. The van der Waals surface area contributed by atoms with Gasteiger partial charge in [-0.15, -0.1) is 11.3 Å². The van der Waals surface area contributed by atoms with Crippen LogP contribution in [0.15, 0.2) is 17.5 Å². The second kappa shape index (κ2) is 5.70. The van der Waals surface area contributed by atoms with E-state index in [1.54, 1.807) is 17.4 Å². The highest BCUT2D eigenvalue weighted by atomic mass is 79.9. The third-order valence-corrected chi connectivity index (χ3v) is 4.33. The molecule has 0 N–H and O–H groups in total. The number of hydrogen-bond donors (Lipinski definition) is 0. The molecule has 0 unspecified atom stereocenters. The number of aromatic nitrogens is 1. The van der Waals surface area contributed by atoms with E-state index in [2.05, 4.69) is 27.8 Å². The first-order valence-corrected chi connectivity index (χ1v) is 7.69. The summed E-state index contributed by atoms with van der Waals surface area (Å²) in [6.07, 6.45) is 0.694. The third kappa shape index (κ3) is 2.84. The molecule has 1 radical (unpaired) electrons. The lowest BCUT2D eigenvalue weighted by Gasteiger charge is -2.08. The van der Waals surface area contributed by atoms with Crippen molar-refractivity contribution >= 4 is 50.5 Å². The average Bonchev–Trinajstić information content (AvgIpc) is 2.76. The Labute approximate surface area is 123 Å². The number of thiazole rings is 1. The Morgan fingerprint density at radius 2 is 2.12 bits per heavy atom. The molecule has 0 fully saturated rings. The van der Waals surface area contributed by atoms with E-state index in [4.69, 9.17) is 23.2 Å². The molecule has 1 aromatic carbocycles. The summed E-state index contributed by atoms with van der Waals surface area (Å²) in [5.74, 6) is 0. The van der Waals surface area contributed by atoms with Gasteiger partial charge < -0.3 is 0 Å². The van der Waals surface area contributed by atoms with Gasteiger partial charge in [0, 0.05) is 21.3 Å². The van der Waals surface area contributed by atoms with E-state index in [-0.39, 0.29) is 0 Å². The Balaban J connectivity index is 2.57. The normalized spacial score (nSPS) is 10.8. The van der Waals surface area contributed by atoms with Gasteiger partial charge in [-0.25, -0.2) is 4.98 Å². The SMILES string of the molecule is [CH2]Cc1nc(-c2c(Cl)cc(Cl)cc2CBr)cs1. The number of hydrogen-bond acceptors (Lipinski definition) is 2. The van der Waals surface area contributed by atoms with Gasteiger partial charge in [-0.05, 0) is 31.0 Å². The first-order valence-electron chi connectivity index (χ1n) is 4.93. The Morgan fingerprint density at radius 3 is 2.71 bits per heavy atom. The summed E-state index contributed by atoms with van der Waals surface area (Å²) in [6.45, 7) is 3.83. The van der Waals surface area contributed by atoms with Gasteiger partial charge in [0.05, 0.1) is 15.7 Å². The fourth-order valence-electron chi connectivity index (χ4n) is 1.56. The van der Waals surface area contributed by atoms with Crippen molar-refractivity contribution in [3.05, 3.63) is 45.1 Å². The molecule has 0 spiro atoms. The van der Waals surface area contributed by atoms with Crippen LogP contribution in [0.4, 0.5) is 0 Å². The van der Waals surface area contributed by atoms with Gasteiger partial charge in [-0.1, -0.05) is 39.1 Å². The first kappa shape index (κ1) is 13.3. The Kier molecular flexibility index (Phi) is 4.47. The molecule has 0 atom stereocenters. The molecule has 0 aliphatic rings. The van der Waals surface area contributed by atoms with Crippen LogP contribution in [0.1, 0.15) is 10.6 Å². The van der Waals surface area contributed by atoms with Crippen molar-refractivity contribution in [3.8, 4) is 11.3 Å². The highest BCUT2D eigenvalue weighted by Gasteiger charge is 2.13. The van der Waals surface area contributed by atoms with Gasteiger partial charge in [-0.3, -0.25) is 0 Å². The maximum atomic E-state index is 6.24. The third-order valence-electron chi connectivity index (χ3n) is 2.30. The molecular formula is C12H9BrCl2NS. The van der Waals surface area contributed by atoms with E-state index < -0.39 is 0 Å². The van der Waals surface area contributed by atoms with Gasteiger partial charge in [0.2, 0.25) is 0 Å². The van der Waals surface area contributed by atoms with Crippen molar-refractivity contribution < 1.29 is 0 Å². The van der Waals surface area contributed by atoms with Crippen LogP contribution < -0.4 is 0 Å². The Hall–Kier alpha value is -0.0900. The average molecular weight is 350 g/mol. The maximum absolute atomic E-state index is 6.24. The van der Waals surface area contributed by atoms with Crippen LogP contribution in [0.5, 0.6) is 0 Å². The van der Waals surface area contributed by atoms with Crippen molar-refractivity contribution in [2.45, 2.75) is 11.8 Å². The van der Waals surface area contributed by atoms with E-state index in [1.807, 2.05) is 11.4 Å².